The van der Waals surface area contributed by atoms with Crippen molar-refractivity contribution in [1.29, 1.82) is 0 Å². The first-order valence-electron chi connectivity index (χ1n) is 6.84. The Morgan fingerprint density at radius 3 is 2.83 bits per heavy atom. The van der Waals surface area contributed by atoms with E-state index in [9.17, 15) is 9.18 Å². The van der Waals surface area contributed by atoms with E-state index >= 15 is 0 Å². The zero-order chi connectivity index (χ0) is 17.1. The molecule has 3 aromatic rings. The Bertz CT molecular complexity index is 861. The lowest BCUT2D eigenvalue weighted by molar-refractivity contribution is -0.114. The molecule has 0 unspecified atom stereocenters. The number of nitrogens with zero attached hydrogens (tertiary/aromatic N) is 4. The summed E-state index contributed by atoms with van der Waals surface area (Å²) >= 11 is 2.73. The summed E-state index contributed by atoms with van der Waals surface area (Å²) in [4.78, 5) is 15.3. The van der Waals surface area contributed by atoms with Gasteiger partial charge in [-0.15, -0.1) is 21.5 Å². The fourth-order valence-electron chi connectivity index (χ4n) is 1.89. The second kappa shape index (κ2) is 6.97. The summed E-state index contributed by atoms with van der Waals surface area (Å²) in [5.74, 6) is 6.52. The van der Waals surface area contributed by atoms with E-state index in [-0.39, 0.29) is 11.7 Å². The summed E-state index contributed by atoms with van der Waals surface area (Å²) in [5.41, 5.74) is 1.49. The highest BCUT2D eigenvalue weighted by Crippen LogP contribution is 2.26. The van der Waals surface area contributed by atoms with Gasteiger partial charge in [0.25, 0.3) is 0 Å². The fraction of sp³-hybridized carbons (Fsp3) is 0.143. The highest BCUT2D eigenvalue weighted by Gasteiger charge is 2.13. The van der Waals surface area contributed by atoms with Crippen LogP contribution < -0.4 is 11.2 Å². The number of amides is 1. The number of carbonyl (C=O) groups excluding carboxylic acids is 1. The van der Waals surface area contributed by atoms with Gasteiger partial charge in [0.15, 0.2) is 11.0 Å². The first-order chi connectivity index (χ1) is 11.5. The number of hydrogen-bond acceptors (Lipinski definition) is 7. The Balaban J connectivity index is 1.69. The molecule has 1 aromatic carbocycles. The third-order valence-electron chi connectivity index (χ3n) is 2.95. The van der Waals surface area contributed by atoms with Gasteiger partial charge in [-0.2, -0.15) is 0 Å². The molecule has 0 atom stereocenters. The molecule has 2 heterocycles. The molecule has 3 rings (SSSR count). The minimum Gasteiger partial charge on any atom is -0.335 e. The van der Waals surface area contributed by atoms with Crippen molar-refractivity contribution in [1.82, 2.24) is 19.9 Å². The molecule has 0 fully saturated rings. The maximum atomic E-state index is 13.0. The molecule has 124 valence electrons. The molecule has 24 heavy (non-hydrogen) atoms. The summed E-state index contributed by atoms with van der Waals surface area (Å²) in [5, 5.41) is 13.7. The van der Waals surface area contributed by atoms with E-state index in [2.05, 4.69) is 20.5 Å². The number of anilines is 1. The van der Waals surface area contributed by atoms with Gasteiger partial charge >= 0.3 is 0 Å². The van der Waals surface area contributed by atoms with E-state index in [0.29, 0.717) is 27.4 Å². The Morgan fingerprint density at radius 2 is 2.12 bits per heavy atom. The quantitative estimate of drug-likeness (QED) is 0.533. The van der Waals surface area contributed by atoms with Gasteiger partial charge in [-0.1, -0.05) is 11.8 Å². The second-order valence-electron chi connectivity index (χ2n) is 4.80. The second-order valence-corrected chi connectivity index (χ2v) is 6.60. The summed E-state index contributed by atoms with van der Waals surface area (Å²) in [6.45, 7) is 1.43. The van der Waals surface area contributed by atoms with Crippen molar-refractivity contribution >= 4 is 34.1 Å². The van der Waals surface area contributed by atoms with Crippen LogP contribution in [0.1, 0.15) is 12.6 Å². The number of nitrogen functional groups attached to an aromatic ring is 1. The van der Waals surface area contributed by atoms with Crippen LogP contribution in [-0.4, -0.2) is 25.8 Å². The van der Waals surface area contributed by atoms with Crippen molar-refractivity contribution in [2.45, 2.75) is 17.8 Å². The monoisotopic (exact) mass is 364 g/mol. The molecule has 0 aliphatic rings. The summed E-state index contributed by atoms with van der Waals surface area (Å²) < 4.78 is 14.3. The third-order valence-corrected chi connectivity index (χ3v) is 4.73. The first kappa shape index (κ1) is 16.4. The van der Waals surface area contributed by atoms with Crippen molar-refractivity contribution in [3.05, 3.63) is 41.2 Å². The highest BCUT2D eigenvalue weighted by molar-refractivity contribution is 7.98. The zero-order valence-corrected chi connectivity index (χ0v) is 14.2. The van der Waals surface area contributed by atoms with Gasteiger partial charge in [-0.3, -0.25) is 4.79 Å². The van der Waals surface area contributed by atoms with Gasteiger partial charge in [0.1, 0.15) is 5.82 Å². The van der Waals surface area contributed by atoms with Crippen LogP contribution in [0.2, 0.25) is 0 Å². The number of carbonyl (C=O) groups is 1. The van der Waals surface area contributed by atoms with E-state index < -0.39 is 0 Å². The first-order valence-corrected chi connectivity index (χ1v) is 8.70. The van der Waals surface area contributed by atoms with E-state index in [4.69, 9.17) is 5.84 Å². The van der Waals surface area contributed by atoms with Crippen LogP contribution in [0.4, 0.5) is 9.52 Å². The maximum Gasteiger partial charge on any atom is 0.223 e. The molecular weight excluding hydrogens is 351 g/mol. The minimum absolute atomic E-state index is 0.158. The van der Waals surface area contributed by atoms with Crippen molar-refractivity contribution in [3.8, 4) is 11.4 Å². The molecule has 0 spiro atoms. The topological polar surface area (TPSA) is 98.7 Å². The maximum absolute atomic E-state index is 13.0. The van der Waals surface area contributed by atoms with Gasteiger partial charge in [-0.25, -0.2) is 14.1 Å². The molecule has 7 nitrogen and oxygen atoms in total. The van der Waals surface area contributed by atoms with E-state index in [1.165, 1.54) is 46.8 Å². The largest absolute Gasteiger partial charge is 0.335 e. The average molecular weight is 364 g/mol. The number of thiazole rings is 1. The standard InChI is InChI=1S/C14H13FN6OS2/c1-8(22)17-13-18-11(6-23-13)7-24-14-20-19-12(21(14)16)9-2-4-10(15)5-3-9/h2-6H,7,16H2,1H3,(H,17,18,22). The number of hydrogen-bond donors (Lipinski definition) is 2. The zero-order valence-electron chi connectivity index (χ0n) is 12.6. The van der Waals surface area contributed by atoms with Crippen LogP contribution in [0, 0.1) is 5.82 Å². The third kappa shape index (κ3) is 3.71. The molecule has 3 N–H and O–H groups in total. The molecule has 0 saturated carbocycles. The predicted molar refractivity (Wildman–Crippen MR) is 91.5 cm³/mol. The number of halogens is 1. The lowest BCUT2D eigenvalue weighted by atomic mass is 10.2. The lowest BCUT2D eigenvalue weighted by Gasteiger charge is -2.03. The van der Waals surface area contributed by atoms with Gasteiger partial charge in [0, 0.05) is 23.6 Å². The number of thioether (sulfide) groups is 1. The molecule has 0 radical (unpaired) electrons. The van der Waals surface area contributed by atoms with Crippen molar-refractivity contribution in [3.63, 3.8) is 0 Å². The van der Waals surface area contributed by atoms with Crippen molar-refractivity contribution in [2.75, 3.05) is 11.2 Å². The molecule has 0 aliphatic carbocycles. The van der Waals surface area contributed by atoms with E-state index in [1.54, 1.807) is 12.1 Å². The van der Waals surface area contributed by atoms with Crippen molar-refractivity contribution < 1.29 is 9.18 Å². The predicted octanol–water partition coefficient (Wildman–Crippen LogP) is 2.51. The van der Waals surface area contributed by atoms with Gasteiger partial charge in [-0.05, 0) is 24.3 Å². The van der Waals surface area contributed by atoms with Crippen LogP contribution in [0.15, 0.2) is 34.8 Å². The smallest absolute Gasteiger partial charge is 0.223 e. The summed E-state index contributed by atoms with van der Waals surface area (Å²) in [6.07, 6.45) is 0. The number of nitrogens with one attached hydrogen (secondary N) is 1. The number of aromatic nitrogens is 4. The molecule has 0 bridgehead atoms. The number of rotatable bonds is 5. The highest BCUT2D eigenvalue weighted by atomic mass is 32.2. The fourth-order valence-corrected chi connectivity index (χ4v) is 3.50. The number of benzene rings is 1. The average Bonchev–Trinajstić information content (AvgIpc) is 3.12. The summed E-state index contributed by atoms with van der Waals surface area (Å²) in [6, 6.07) is 5.87. The Labute approximate surface area is 145 Å². The van der Waals surface area contributed by atoms with E-state index in [1.807, 2.05) is 5.38 Å². The Hall–Kier alpha value is -2.46. The molecule has 0 saturated heterocycles. The SMILES string of the molecule is CC(=O)Nc1nc(CSc2nnc(-c3ccc(F)cc3)n2N)cs1. The Morgan fingerprint density at radius 1 is 1.38 bits per heavy atom. The normalized spacial score (nSPS) is 10.8. The molecule has 2 aromatic heterocycles. The van der Waals surface area contributed by atoms with Crippen LogP contribution in [-0.2, 0) is 10.5 Å². The minimum atomic E-state index is -0.324. The van der Waals surface area contributed by atoms with Crippen LogP contribution >= 0.6 is 23.1 Å². The van der Waals surface area contributed by atoms with Crippen LogP contribution in [0.3, 0.4) is 0 Å². The lowest BCUT2D eigenvalue weighted by Crippen LogP contribution is -2.11. The van der Waals surface area contributed by atoms with Crippen molar-refractivity contribution in [2.24, 2.45) is 0 Å². The van der Waals surface area contributed by atoms with Crippen LogP contribution in [0.25, 0.3) is 11.4 Å². The summed E-state index contributed by atoms with van der Waals surface area (Å²) in [7, 11) is 0. The van der Waals surface area contributed by atoms with E-state index in [0.717, 1.165) is 5.69 Å². The molecule has 1 amide bonds. The van der Waals surface area contributed by atoms with Gasteiger partial charge in [0.05, 0.1) is 5.69 Å². The molecule has 0 aliphatic heterocycles. The van der Waals surface area contributed by atoms with Crippen LogP contribution in [0.5, 0.6) is 0 Å². The molecular formula is C14H13FN6OS2. The Kier molecular flexibility index (Phi) is 4.76. The number of nitrogens with two attached hydrogens (primary N) is 1. The van der Waals surface area contributed by atoms with Gasteiger partial charge in [0.2, 0.25) is 11.1 Å². The molecule has 10 heteroatoms. The van der Waals surface area contributed by atoms with Gasteiger partial charge < -0.3 is 11.2 Å².